The zero-order valence-corrected chi connectivity index (χ0v) is 8.04. The van der Waals surface area contributed by atoms with E-state index in [4.69, 9.17) is 5.73 Å². The van der Waals surface area contributed by atoms with E-state index in [2.05, 4.69) is 11.7 Å². The van der Waals surface area contributed by atoms with Crippen molar-refractivity contribution in [2.75, 3.05) is 6.54 Å². The van der Waals surface area contributed by atoms with Gasteiger partial charge in [0, 0.05) is 6.42 Å². The molecule has 4 heteroatoms. The Hall–Kier alpha value is -0.900. The second-order valence-electron chi connectivity index (χ2n) is 2.86. The number of hydrogen-bond donors (Lipinski definition) is 1. The van der Waals surface area contributed by atoms with E-state index in [1.807, 2.05) is 0 Å². The highest BCUT2D eigenvalue weighted by Crippen LogP contribution is 2.03. The van der Waals surface area contributed by atoms with Crippen LogP contribution in [0.25, 0.3) is 0 Å². The summed E-state index contributed by atoms with van der Waals surface area (Å²) < 4.78 is 4.38. The Kier molecular flexibility index (Phi) is 7.20. The largest absolute Gasteiger partial charge is 0.392 e. The summed E-state index contributed by atoms with van der Waals surface area (Å²) >= 11 is 0. The smallest absolute Gasteiger partial charge is 0.327 e. The Balaban J connectivity index is 3.35. The van der Waals surface area contributed by atoms with Gasteiger partial charge >= 0.3 is 11.9 Å². The first-order valence-electron chi connectivity index (χ1n) is 4.64. The van der Waals surface area contributed by atoms with Gasteiger partial charge in [-0.1, -0.05) is 26.2 Å². The number of ether oxygens (including phenoxy) is 1. The van der Waals surface area contributed by atoms with Gasteiger partial charge in [-0.25, -0.2) is 0 Å². The minimum Gasteiger partial charge on any atom is -0.392 e. The molecule has 0 aromatic carbocycles. The lowest BCUT2D eigenvalue weighted by Crippen LogP contribution is -2.20. The molecular formula is C9H17NO3. The molecule has 2 N–H and O–H groups in total. The molecule has 4 nitrogen and oxygen atoms in total. The van der Waals surface area contributed by atoms with Crippen LogP contribution in [0.5, 0.6) is 0 Å². The van der Waals surface area contributed by atoms with Crippen molar-refractivity contribution in [2.45, 2.75) is 39.0 Å². The van der Waals surface area contributed by atoms with E-state index in [9.17, 15) is 9.59 Å². The van der Waals surface area contributed by atoms with E-state index >= 15 is 0 Å². The van der Waals surface area contributed by atoms with Gasteiger partial charge in [0.2, 0.25) is 0 Å². The van der Waals surface area contributed by atoms with Crippen LogP contribution < -0.4 is 5.73 Å². The molecule has 0 radical (unpaired) electrons. The summed E-state index contributed by atoms with van der Waals surface area (Å²) in [6.45, 7) is 1.86. The molecule has 13 heavy (non-hydrogen) atoms. The SMILES string of the molecule is CCCCCCC(=O)OC(=O)CN. The van der Waals surface area contributed by atoms with Crippen LogP contribution in [-0.2, 0) is 14.3 Å². The van der Waals surface area contributed by atoms with Crippen LogP contribution in [0.2, 0.25) is 0 Å². The predicted molar refractivity (Wildman–Crippen MR) is 48.9 cm³/mol. The molecule has 0 bridgehead atoms. The molecule has 0 unspecified atom stereocenters. The lowest BCUT2D eigenvalue weighted by atomic mass is 10.2. The number of esters is 2. The third-order valence-corrected chi connectivity index (χ3v) is 1.63. The van der Waals surface area contributed by atoms with Crippen molar-refractivity contribution >= 4 is 11.9 Å². The summed E-state index contributed by atoms with van der Waals surface area (Å²) in [5, 5.41) is 0. The zero-order valence-electron chi connectivity index (χ0n) is 8.04. The van der Waals surface area contributed by atoms with Gasteiger partial charge in [-0.3, -0.25) is 9.59 Å². The number of unbranched alkanes of at least 4 members (excludes halogenated alkanes) is 3. The molecule has 0 aromatic rings. The Labute approximate surface area is 78.4 Å². The number of carbonyl (C=O) groups is 2. The molecule has 0 aromatic heterocycles. The summed E-state index contributed by atoms with van der Waals surface area (Å²) in [5.41, 5.74) is 4.97. The highest BCUT2D eigenvalue weighted by atomic mass is 16.6. The minimum atomic E-state index is -0.652. The molecule has 0 heterocycles. The van der Waals surface area contributed by atoms with Crippen LogP contribution >= 0.6 is 0 Å². The van der Waals surface area contributed by atoms with Crippen LogP contribution in [0.1, 0.15) is 39.0 Å². The highest BCUT2D eigenvalue weighted by molar-refractivity contribution is 5.86. The monoisotopic (exact) mass is 187 g/mol. The lowest BCUT2D eigenvalue weighted by molar-refractivity contribution is -0.158. The second kappa shape index (κ2) is 7.73. The van der Waals surface area contributed by atoms with Gasteiger partial charge in [-0.2, -0.15) is 0 Å². The molecule has 0 saturated heterocycles. The topological polar surface area (TPSA) is 69.4 Å². The highest BCUT2D eigenvalue weighted by Gasteiger charge is 2.07. The zero-order chi connectivity index (χ0) is 10.1. The predicted octanol–water partition coefficient (Wildman–Crippen LogP) is 0.985. The maximum absolute atomic E-state index is 10.9. The summed E-state index contributed by atoms with van der Waals surface area (Å²) in [4.78, 5) is 21.4. The lowest BCUT2D eigenvalue weighted by Gasteiger charge is -2.00. The van der Waals surface area contributed by atoms with Gasteiger partial charge in [0.25, 0.3) is 0 Å². The van der Waals surface area contributed by atoms with Crippen molar-refractivity contribution in [3.8, 4) is 0 Å². The van der Waals surface area contributed by atoms with Crippen LogP contribution in [0, 0.1) is 0 Å². The molecule has 0 aliphatic rings. The van der Waals surface area contributed by atoms with Crippen LogP contribution in [0.4, 0.5) is 0 Å². The third-order valence-electron chi connectivity index (χ3n) is 1.63. The van der Waals surface area contributed by atoms with Gasteiger partial charge in [-0.15, -0.1) is 0 Å². The first kappa shape index (κ1) is 12.1. The van der Waals surface area contributed by atoms with Gasteiger partial charge in [0.1, 0.15) is 0 Å². The molecule has 0 fully saturated rings. The normalized spacial score (nSPS) is 9.69. The maximum Gasteiger partial charge on any atom is 0.327 e. The Morgan fingerprint density at radius 2 is 1.85 bits per heavy atom. The summed E-state index contributed by atoms with van der Waals surface area (Å²) in [7, 11) is 0. The number of carbonyl (C=O) groups excluding carboxylic acids is 2. The fourth-order valence-corrected chi connectivity index (χ4v) is 0.916. The first-order valence-corrected chi connectivity index (χ1v) is 4.64. The molecule has 0 rings (SSSR count). The van der Waals surface area contributed by atoms with E-state index in [-0.39, 0.29) is 6.54 Å². The second-order valence-corrected chi connectivity index (χ2v) is 2.86. The summed E-state index contributed by atoms with van der Waals surface area (Å²) in [6, 6.07) is 0. The summed E-state index contributed by atoms with van der Waals surface area (Å²) in [5.74, 6) is -1.12. The minimum absolute atomic E-state index is 0.235. The van der Waals surface area contributed by atoms with Crippen LogP contribution in [0.15, 0.2) is 0 Å². The van der Waals surface area contributed by atoms with Gasteiger partial charge in [-0.05, 0) is 6.42 Å². The van der Waals surface area contributed by atoms with Crippen molar-refractivity contribution in [2.24, 2.45) is 5.73 Å². The van der Waals surface area contributed by atoms with Crippen molar-refractivity contribution in [1.82, 2.24) is 0 Å². The first-order chi connectivity index (χ1) is 6.20. The van der Waals surface area contributed by atoms with Gasteiger partial charge < -0.3 is 10.5 Å². The molecule has 0 aliphatic carbocycles. The quantitative estimate of drug-likeness (QED) is 0.382. The van der Waals surface area contributed by atoms with Crippen molar-refractivity contribution in [1.29, 1.82) is 0 Å². The molecule has 0 aliphatic heterocycles. The van der Waals surface area contributed by atoms with Gasteiger partial charge in [0.15, 0.2) is 0 Å². The van der Waals surface area contributed by atoms with Gasteiger partial charge in [0.05, 0.1) is 6.54 Å². The fourth-order valence-electron chi connectivity index (χ4n) is 0.916. The number of hydrogen-bond acceptors (Lipinski definition) is 4. The molecule has 0 atom stereocenters. The molecular weight excluding hydrogens is 170 g/mol. The van der Waals surface area contributed by atoms with Crippen molar-refractivity contribution < 1.29 is 14.3 Å². The standard InChI is InChI=1S/C9H17NO3/c1-2-3-4-5-6-8(11)13-9(12)7-10/h2-7,10H2,1H3. The number of nitrogens with two attached hydrogens (primary N) is 1. The van der Waals surface area contributed by atoms with E-state index in [0.29, 0.717) is 6.42 Å². The third kappa shape index (κ3) is 7.46. The van der Waals surface area contributed by atoms with E-state index in [0.717, 1.165) is 25.7 Å². The Morgan fingerprint density at radius 1 is 1.15 bits per heavy atom. The Bertz CT molecular complexity index is 168. The maximum atomic E-state index is 10.9. The van der Waals surface area contributed by atoms with E-state index < -0.39 is 11.9 Å². The average Bonchev–Trinajstić information content (AvgIpc) is 2.12. The van der Waals surface area contributed by atoms with Crippen LogP contribution in [0.3, 0.4) is 0 Å². The van der Waals surface area contributed by atoms with Crippen molar-refractivity contribution in [3.63, 3.8) is 0 Å². The van der Waals surface area contributed by atoms with Crippen molar-refractivity contribution in [3.05, 3.63) is 0 Å². The van der Waals surface area contributed by atoms with E-state index in [1.54, 1.807) is 0 Å². The number of rotatable bonds is 6. The Morgan fingerprint density at radius 3 is 2.38 bits per heavy atom. The average molecular weight is 187 g/mol. The molecule has 0 spiro atoms. The molecule has 0 amide bonds. The fraction of sp³-hybridized carbons (Fsp3) is 0.778. The molecule has 76 valence electrons. The van der Waals surface area contributed by atoms with E-state index in [1.165, 1.54) is 0 Å². The van der Waals surface area contributed by atoms with Crippen LogP contribution in [-0.4, -0.2) is 18.5 Å². The molecule has 0 saturated carbocycles. The summed E-state index contributed by atoms with van der Waals surface area (Å²) in [6.07, 6.45) is 4.33.